The predicted octanol–water partition coefficient (Wildman–Crippen LogP) is 26.0. The van der Waals surface area contributed by atoms with Crippen LogP contribution in [0.25, 0.3) is 109 Å². The zero-order chi connectivity index (χ0) is 77.4. The first-order valence-corrected chi connectivity index (χ1v) is 41.0. The second-order valence-electron chi connectivity index (χ2n) is 34.2. The summed E-state index contributed by atoms with van der Waals surface area (Å²) in [5, 5.41) is 14.9. The molecule has 0 fully saturated rings. The highest BCUT2D eigenvalue weighted by molar-refractivity contribution is 7.03. The van der Waals surface area contributed by atoms with Crippen molar-refractivity contribution in [2.75, 3.05) is 19.6 Å². The lowest BCUT2D eigenvalue weighted by atomic mass is 9.30. The highest BCUT2D eigenvalue weighted by Gasteiger charge is 2.50. The summed E-state index contributed by atoms with van der Waals surface area (Å²) >= 11 is 0. The van der Waals surface area contributed by atoms with E-state index in [1.54, 1.807) is 0 Å². The molecule has 4 heterocycles. The van der Waals surface area contributed by atoms with E-state index >= 15 is 0 Å². The lowest BCUT2D eigenvalue weighted by molar-refractivity contribution is 0.590. The summed E-state index contributed by atoms with van der Waals surface area (Å²) in [4.78, 5) is 10.8. The van der Waals surface area contributed by atoms with Crippen LogP contribution in [0.4, 0.5) is 68.2 Å². The predicted molar refractivity (Wildman–Crippen MR) is 499 cm³/mol. The van der Waals surface area contributed by atoms with E-state index in [9.17, 15) is 0 Å². The van der Waals surface area contributed by atoms with Gasteiger partial charge in [-0.1, -0.05) is 351 Å². The number of nitrogens with zero attached hydrogens (tertiary/aromatic N) is 4. The Balaban J connectivity index is 0.878. The van der Waals surface area contributed by atoms with Crippen molar-refractivity contribution in [3.8, 4) is 44.5 Å². The molecule has 0 saturated heterocycles. The van der Waals surface area contributed by atoms with Crippen LogP contribution >= 0.6 is 0 Å². The Morgan fingerprint density at radius 1 is 0.190 bits per heavy atom. The molecule has 116 heavy (non-hydrogen) atoms. The third-order valence-corrected chi connectivity index (χ3v) is 25.6. The average Bonchev–Trinajstić information content (AvgIpc) is 0.677. The summed E-state index contributed by atoms with van der Waals surface area (Å²) in [5.41, 5.74) is 32.4. The van der Waals surface area contributed by atoms with Crippen LogP contribution in [0.5, 0.6) is 0 Å². The molecular formula is C110H80B2N4. The van der Waals surface area contributed by atoms with Crippen LogP contribution < -0.4 is 52.4 Å². The molecule has 0 bridgehead atoms. The summed E-state index contributed by atoms with van der Waals surface area (Å²) in [7, 11) is 0. The number of hydrogen-bond donors (Lipinski definition) is 0. The Bertz CT molecular complexity index is 7140. The zero-order valence-corrected chi connectivity index (χ0v) is 65.7. The number of para-hydroxylation sites is 4. The molecule has 0 aromatic heterocycles. The van der Waals surface area contributed by atoms with Crippen molar-refractivity contribution < 1.29 is 0 Å². The van der Waals surface area contributed by atoms with Gasteiger partial charge in [-0.2, -0.15) is 0 Å². The van der Waals surface area contributed by atoms with Gasteiger partial charge in [0.25, 0.3) is 13.4 Å². The standard InChI is InChI=1S/C110H80B2N4/c1-109(2,3)73-61-101-105-104(64-73)116(108-79(71-37-15-9-16-38-71)51-32-52-80(108)72-39-17-10-18-40-72)100-68-99-95(67-96(100)111(105)93-53-27-29-55-97(93)113(101)75-57-59-89-85-45-21-19-41-81(85)83-43-23-25-47-87(83)91(89)65-75)112-94-54-28-30-56-98(94)115(107-77(69-33-11-7-12-34-69)49-31-50-78(107)70-35-13-8-14-36-70)103-63-74(110(4,5)6)62-102(106(103)112)114(99)76-58-60-90-86-46-22-20-42-82(86)84-44-24-26-48-88(84)92(90)66-76/h7-68H,1-6H3. The molecule has 23 rings (SSSR count). The minimum atomic E-state index is -0.305. The van der Waals surface area contributed by atoms with E-state index in [-0.39, 0.29) is 24.3 Å². The Labute approximate surface area is 678 Å². The second-order valence-corrected chi connectivity index (χ2v) is 34.2. The van der Waals surface area contributed by atoms with Crippen LogP contribution in [0.1, 0.15) is 52.7 Å². The summed E-state index contributed by atoms with van der Waals surface area (Å²) in [5.74, 6) is 0. The molecular weight excluding hydrogens is 1400 g/mol. The van der Waals surface area contributed by atoms with Gasteiger partial charge in [0.2, 0.25) is 0 Å². The van der Waals surface area contributed by atoms with E-state index in [1.165, 1.54) is 126 Å². The third kappa shape index (κ3) is 10.2. The first-order chi connectivity index (χ1) is 56.9. The Morgan fingerprint density at radius 3 is 0.802 bits per heavy atom. The van der Waals surface area contributed by atoms with Gasteiger partial charge in [0.05, 0.1) is 11.4 Å². The van der Waals surface area contributed by atoms with Crippen LogP contribution in [-0.4, -0.2) is 13.4 Å². The molecule has 546 valence electrons. The van der Waals surface area contributed by atoms with Crippen molar-refractivity contribution in [2.45, 2.75) is 52.4 Å². The largest absolute Gasteiger partial charge is 0.311 e. The van der Waals surface area contributed by atoms with E-state index in [0.29, 0.717) is 0 Å². The fraction of sp³-hybridized carbons (Fsp3) is 0.0727. The van der Waals surface area contributed by atoms with Crippen molar-refractivity contribution in [3.05, 3.63) is 387 Å². The molecule has 0 spiro atoms. The lowest BCUT2D eigenvalue weighted by Gasteiger charge is -2.48. The Morgan fingerprint density at radius 2 is 0.457 bits per heavy atom. The second kappa shape index (κ2) is 25.8. The average molecular weight is 1480 g/mol. The maximum atomic E-state index is 2.75. The van der Waals surface area contributed by atoms with Gasteiger partial charge in [-0.05, 0) is 208 Å². The lowest BCUT2D eigenvalue weighted by Crippen LogP contribution is -2.65. The molecule has 0 saturated carbocycles. The van der Waals surface area contributed by atoms with Crippen LogP contribution in [0.15, 0.2) is 376 Å². The Hall–Kier alpha value is -13.9. The van der Waals surface area contributed by atoms with Crippen molar-refractivity contribution in [3.63, 3.8) is 0 Å². The third-order valence-electron chi connectivity index (χ3n) is 25.6. The van der Waals surface area contributed by atoms with E-state index in [1.807, 2.05) is 0 Å². The summed E-state index contributed by atoms with van der Waals surface area (Å²) in [6.45, 7) is 13.9. The molecule has 0 atom stereocenters. The fourth-order valence-electron chi connectivity index (χ4n) is 20.3. The Kier molecular flexibility index (Phi) is 15.1. The summed E-state index contributed by atoms with van der Waals surface area (Å²) < 4.78 is 0. The van der Waals surface area contributed by atoms with E-state index < -0.39 is 0 Å². The maximum Gasteiger partial charge on any atom is 0.252 e. The SMILES string of the molecule is CC(C)(C)c1cc2c3c(c1)N(c1c(-c4ccccc4)cccc1-c1ccccc1)c1ccccc1B3c1cc3c(cc1N2c1ccc2c4ccccc4c4ccccc4c2c1)N(c1c(-c2ccccc2)cccc1-c1ccccc1)c1cc(C(C)(C)C)cc2c1B3c1ccccc1N2c1ccc2c3ccccc3c3ccccc3c2c1. The number of rotatable bonds is 8. The maximum absolute atomic E-state index is 2.75. The number of fused-ring (bicyclic) bond motifs is 20. The highest BCUT2D eigenvalue weighted by atomic mass is 15.2. The van der Waals surface area contributed by atoms with Crippen LogP contribution in [0.3, 0.4) is 0 Å². The minimum Gasteiger partial charge on any atom is -0.311 e. The molecule has 4 aliphatic heterocycles. The minimum absolute atomic E-state index is 0.244. The highest BCUT2D eigenvalue weighted by Crippen LogP contribution is 2.56. The monoisotopic (exact) mass is 1480 g/mol. The van der Waals surface area contributed by atoms with Gasteiger partial charge in [0.1, 0.15) is 0 Å². The first-order valence-electron chi connectivity index (χ1n) is 41.0. The summed E-state index contributed by atoms with van der Waals surface area (Å²) in [6, 6.07) is 144. The molecule has 19 aromatic rings. The molecule has 0 unspecified atom stereocenters. The van der Waals surface area contributed by atoms with E-state index in [4.69, 9.17) is 0 Å². The van der Waals surface area contributed by atoms with Gasteiger partial charge < -0.3 is 19.6 Å². The first kappa shape index (κ1) is 67.7. The van der Waals surface area contributed by atoms with E-state index in [2.05, 4.69) is 437 Å². The molecule has 6 heteroatoms. The molecule has 0 amide bonds. The topological polar surface area (TPSA) is 13.0 Å². The molecule has 0 aliphatic carbocycles. The van der Waals surface area contributed by atoms with Crippen LogP contribution in [-0.2, 0) is 10.8 Å². The van der Waals surface area contributed by atoms with Gasteiger partial charge in [-0.15, -0.1) is 0 Å². The summed E-state index contributed by atoms with van der Waals surface area (Å²) in [6.07, 6.45) is 0. The fourth-order valence-corrected chi connectivity index (χ4v) is 20.3. The zero-order valence-electron chi connectivity index (χ0n) is 65.7. The van der Waals surface area contributed by atoms with Crippen LogP contribution in [0.2, 0.25) is 0 Å². The van der Waals surface area contributed by atoms with Gasteiger partial charge >= 0.3 is 0 Å². The molecule has 4 aliphatic rings. The van der Waals surface area contributed by atoms with Crippen molar-refractivity contribution in [1.82, 2.24) is 0 Å². The van der Waals surface area contributed by atoms with Crippen molar-refractivity contribution >= 4 is 179 Å². The van der Waals surface area contributed by atoms with Gasteiger partial charge in [0.15, 0.2) is 0 Å². The normalized spacial score (nSPS) is 13.3. The van der Waals surface area contributed by atoms with Crippen LogP contribution in [0, 0.1) is 0 Å². The van der Waals surface area contributed by atoms with E-state index in [0.717, 1.165) is 95.7 Å². The number of anilines is 12. The quantitative estimate of drug-likeness (QED) is 0.111. The van der Waals surface area contributed by atoms with Gasteiger partial charge in [-0.25, -0.2) is 0 Å². The van der Waals surface area contributed by atoms with Gasteiger partial charge in [-0.3, -0.25) is 0 Å². The molecule has 4 nitrogen and oxygen atoms in total. The number of hydrogen-bond acceptors (Lipinski definition) is 4. The smallest absolute Gasteiger partial charge is 0.252 e. The number of benzene rings is 19. The molecule has 0 N–H and O–H groups in total. The van der Waals surface area contributed by atoms with Crippen molar-refractivity contribution in [2.24, 2.45) is 0 Å². The molecule has 0 radical (unpaired) electrons. The van der Waals surface area contributed by atoms with Crippen molar-refractivity contribution in [1.29, 1.82) is 0 Å². The molecule has 19 aromatic carbocycles. The van der Waals surface area contributed by atoms with Gasteiger partial charge in [0, 0.05) is 79.1 Å².